The summed E-state index contributed by atoms with van der Waals surface area (Å²) in [5.41, 5.74) is 2.57. The molecule has 0 N–H and O–H groups in total. The van der Waals surface area contributed by atoms with Crippen molar-refractivity contribution in [3.8, 4) is 0 Å². The molecule has 2 saturated carbocycles. The minimum atomic E-state index is 0.482. The van der Waals surface area contributed by atoms with Crippen LogP contribution in [0.3, 0.4) is 0 Å². The Morgan fingerprint density at radius 1 is 0.682 bits per heavy atom. The minimum absolute atomic E-state index is 0.482. The summed E-state index contributed by atoms with van der Waals surface area (Å²) < 4.78 is 12.2. The Hall–Kier alpha value is -0.860. The zero-order chi connectivity index (χ0) is 15.0. The van der Waals surface area contributed by atoms with Crippen LogP contribution < -0.4 is 0 Å². The molecule has 0 unspecified atom stereocenters. The first-order chi connectivity index (χ1) is 10.9. The highest BCUT2D eigenvalue weighted by molar-refractivity contribution is 5.22. The molecule has 0 aliphatic heterocycles. The quantitative estimate of drug-likeness (QED) is 0.702. The number of rotatable bonds is 6. The second-order valence-electron chi connectivity index (χ2n) is 6.96. The predicted molar refractivity (Wildman–Crippen MR) is 89.8 cm³/mol. The first kappa shape index (κ1) is 16.0. The molecule has 2 heteroatoms. The standard InChI is InChI=1S/C20H30O2/c1-3-10-19(11-4-1)21-15-17-8-7-9-18(14-17)16-22-20-12-5-2-6-13-20/h7-9,14,19-20H,1-6,10-13,15-16H2. The van der Waals surface area contributed by atoms with E-state index in [1.807, 2.05) is 0 Å². The summed E-state index contributed by atoms with van der Waals surface area (Å²) in [7, 11) is 0. The van der Waals surface area contributed by atoms with Crippen LogP contribution in [-0.2, 0) is 22.7 Å². The Morgan fingerprint density at radius 3 is 1.59 bits per heavy atom. The highest BCUT2D eigenvalue weighted by Crippen LogP contribution is 2.23. The van der Waals surface area contributed by atoms with Gasteiger partial charge < -0.3 is 9.47 Å². The van der Waals surface area contributed by atoms with Gasteiger partial charge in [-0.1, -0.05) is 62.8 Å². The molecule has 2 aliphatic rings. The van der Waals surface area contributed by atoms with E-state index in [4.69, 9.17) is 9.47 Å². The van der Waals surface area contributed by atoms with Crippen LogP contribution in [0.2, 0.25) is 0 Å². The van der Waals surface area contributed by atoms with Gasteiger partial charge in [0.05, 0.1) is 25.4 Å². The van der Waals surface area contributed by atoms with Gasteiger partial charge in [0.1, 0.15) is 0 Å². The predicted octanol–water partition coefficient (Wildman–Crippen LogP) is 5.39. The topological polar surface area (TPSA) is 18.5 Å². The summed E-state index contributed by atoms with van der Waals surface area (Å²) in [6, 6.07) is 8.74. The van der Waals surface area contributed by atoms with Gasteiger partial charge in [0.25, 0.3) is 0 Å². The molecule has 2 fully saturated rings. The molecule has 0 radical (unpaired) electrons. The Morgan fingerprint density at radius 2 is 1.14 bits per heavy atom. The fourth-order valence-electron chi connectivity index (χ4n) is 3.70. The largest absolute Gasteiger partial charge is 0.374 e. The fourth-order valence-corrected chi connectivity index (χ4v) is 3.70. The van der Waals surface area contributed by atoms with Crippen molar-refractivity contribution in [2.45, 2.75) is 89.6 Å². The molecule has 0 spiro atoms. The maximum absolute atomic E-state index is 6.08. The van der Waals surface area contributed by atoms with Crippen LogP contribution in [0.5, 0.6) is 0 Å². The second kappa shape index (κ2) is 8.69. The van der Waals surface area contributed by atoms with Crippen LogP contribution >= 0.6 is 0 Å². The number of benzene rings is 1. The first-order valence-electron chi connectivity index (χ1n) is 9.21. The second-order valence-corrected chi connectivity index (χ2v) is 6.96. The zero-order valence-corrected chi connectivity index (χ0v) is 13.8. The lowest BCUT2D eigenvalue weighted by atomic mass is 9.97. The third-order valence-corrected chi connectivity index (χ3v) is 5.07. The van der Waals surface area contributed by atoms with E-state index in [-0.39, 0.29) is 0 Å². The van der Waals surface area contributed by atoms with E-state index >= 15 is 0 Å². The molecular formula is C20H30O2. The Balaban J connectivity index is 1.44. The molecular weight excluding hydrogens is 272 g/mol. The van der Waals surface area contributed by atoms with Gasteiger partial charge in [-0.15, -0.1) is 0 Å². The van der Waals surface area contributed by atoms with E-state index in [1.165, 1.54) is 75.3 Å². The van der Waals surface area contributed by atoms with Gasteiger partial charge >= 0.3 is 0 Å². The molecule has 0 bridgehead atoms. The van der Waals surface area contributed by atoms with E-state index in [2.05, 4.69) is 24.3 Å². The Kier molecular flexibility index (Phi) is 6.32. The molecule has 2 nitrogen and oxygen atoms in total. The summed E-state index contributed by atoms with van der Waals surface area (Å²) in [6.07, 6.45) is 14.0. The van der Waals surface area contributed by atoms with E-state index in [0.717, 1.165) is 13.2 Å². The highest BCUT2D eigenvalue weighted by Gasteiger charge is 2.15. The van der Waals surface area contributed by atoms with E-state index in [0.29, 0.717) is 12.2 Å². The summed E-state index contributed by atoms with van der Waals surface area (Å²) in [6.45, 7) is 1.50. The molecule has 0 saturated heterocycles. The average Bonchev–Trinajstić information content (AvgIpc) is 2.60. The van der Waals surface area contributed by atoms with Crippen LogP contribution in [0.15, 0.2) is 24.3 Å². The van der Waals surface area contributed by atoms with Crippen LogP contribution in [-0.4, -0.2) is 12.2 Å². The van der Waals surface area contributed by atoms with Gasteiger partial charge in [0, 0.05) is 0 Å². The summed E-state index contributed by atoms with van der Waals surface area (Å²) in [5, 5.41) is 0. The maximum Gasteiger partial charge on any atom is 0.0720 e. The third kappa shape index (κ3) is 5.10. The summed E-state index contributed by atoms with van der Waals surface area (Å²) in [4.78, 5) is 0. The van der Waals surface area contributed by atoms with Gasteiger partial charge in [-0.3, -0.25) is 0 Å². The number of ether oxygens (including phenoxy) is 2. The number of hydrogen-bond acceptors (Lipinski definition) is 2. The molecule has 0 heterocycles. The van der Waals surface area contributed by atoms with Gasteiger partial charge in [0.15, 0.2) is 0 Å². The van der Waals surface area contributed by atoms with Crippen molar-refractivity contribution in [3.05, 3.63) is 35.4 Å². The molecule has 2 aliphatic carbocycles. The number of hydrogen-bond donors (Lipinski definition) is 0. The lowest BCUT2D eigenvalue weighted by Crippen LogP contribution is -2.17. The highest BCUT2D eigenvalue weighted by atomic mass is 16.5. The SMILES string of the molecule is c1cc(COC2CCCCC2)cc(COC2CCCCC2)c1. The van der Waals surface area contributed by atoms with Crippen molar-refractivity contribution in [1.29, 1.82) is 0 Å². The van der Waals surface area contributed by atoms with Crippen LogP contribution in [0.25, 0.3) is 0 Å². The van der Waals surface area contributed by atoms with Crippen molar-refractivity contribution >= 4 is 0 Å². The van der Waals surface area contributed by atoms with E-state index < -0.39 is 0 Å². The third-order valence-electron chi connectivity index (χ3n) is 5.07. The van der Waals surface area contributed by atoms with Gasteiger partial charge in [0.2, 0.25) is 0 Å². The molecule has 0 amide bonds. The molecule has 3 rings (SSSR count). The summed E-state index contributed by atoms with van der Waals surface area (Å²) >= 11 is 0. The van der Waals surface area contributed by atoms with Crippen molar-refractivity contribution in [2.75, 3.05) is 0 Å². The van der Waals surface area contributed by atoms with Crippen molar-refractivity contribution in [3.63, 3.8) is 0 Å². The van der Waals surface area contributed by atoms with Gasteiger partial charge in [-0.05, 0) is 36.8 Å². The first-order valence-corrected chi connectivity index (χ1v) is 9.21. The van der Waals surface area contributed by atoms with Gasteiger partial charge in [-0.25, -0.2) is 0 Å². The minimum Gasteiger partial charge on any atom is -0.374 e. The molecule has 122 valence electrons. The molecule has 1 aromatic carbocycles. The van der Waals surface area contributed by atoms with Crippen molar-refractivity contribution in [2.24, 2.45) is 0 Å². The normalized spacial score (nSPS) is 21.1. The van der Waals surface area contributed by atoms with Crippen LogP contribution in [0.4, 0.5) is 0 Å². The zero-order valence-electron chi connectivity index (χ0n) is 13.8. The molecule has 0 atom stereocenters. The van der Waals surface area contributed by atoms with E-state index in [1.54, 1.807) is 0 Å². The van der Waals surface area contributed by atoms with Crippen LogP contribution in [0, 0.1) is 0 Å². The summed E-state index contributed by atoms with van der Waals surface area (Å²) in [5.74, 6) is 0. The van der Waals surface area contributed by atoms with Crippen molar-refractivity contribution < 1.29 is 9.47 Å². The lowest BCUT2D eigenvalue weighted by Gasteiger charge is -2.23. The lowest BCUT2D eigenvalue weighted by molar-refractivity contribution is 0.0144. The average molecular weight is 302 g/mol. The molecule has 22 heavy (non-hydrogen) atoms. The van der Waals surface area contributed by atoms with Gasteiger partial charge in [-0.2, -0.15) is 0 Å². The monoisotopic (exact) mass is 302 g/mol. The molecule has 1 aromatic rings. The van der Waals surface area contributed by atoms with Crippen molar-refractivity contribution in [1.82, 2.24) is 0 Å². The fraction of sp³-hybridized carbons (Fsp3) is 0.700. The maximum atomic E-state index is 6.08. The van der Waals surface area contributed by atoms with E-state index in [9.17, 15) is 0 Å². The molecule has 0 aromatic heterocycles. The smallest absolute Gasteiger partial charge is 0.0720 e. The Labute approximate surface area is 135 Å². The Bertz CT molecular complexity index is 394. The van der Waals surface area contributed by atoms with Crippen LogP contribution in [0.1, 0.15) is 75.3 Å².